The number of nitrogens with one attached hydrogen (secondary N) is 2. The van der Waals surface area contributed by atoms with Crippen LogP contribution < -0.4 is 15.4 Å². The van der Waals surface area contributed by atoms with E-state index in [-0.39, 0.29) is 30.6 Å². The number of para-hydroxylation sites is 1. The first-order chi connectivity index (χ1) is 11.5. The third-order valence-electron chi connectivity index (χ3n) is 4.25. The van der Waals surface area contributed by atoms with Crippen molar-refractivity contribution in [1.82, 2.24) is 10.6 Å². The van der Waals surface area contributed by atoms with Crippen molar-refractivity contribution < 1.29 is 14.6 Å². The second-order valence-electron chi connectivity index (χ2n) is 6.71. The summed E-state index contributed by atoms with van der Waals surface area (Å²) in [5, 5.41) is 15.2. The monoisotopic (exact) mass is 332 g/mol. The number of carbonyl (C=O) groups is 1. The SMILES string of the molecule is COc1ccccc1C(CC(C)C)NC(=O)N[C@@H]1C=C[C@H](CO)C1. The number of carbonyl (C=O) groups excluding carboxylic acids is 1. The van der Waals surface area contributed by atoms with E-state index in [1.165, 1.54) is 0 Å². The molecule has 2 amide bonds. The molecule has 0 fully saturated rings. The number of ether oxygens (including phenoxy) is 1. The zero-order valence-corrected chi connectivity index (χ0v) is 14.7. The summed E-state index contributed by atoms with van der Waals surface area (Å²) in [5.74, 6) is 1.35. The largest absolute Gasteiger partial charge is 0.496 e. The minimum Gasteiger partial charge on any atom is -0.496 e. The highest BCUT2D eigenvalue weighted by Gasteiger charge is 2.23. The summed E-state index contributed by atoms with van der Waals surface area (Å²) in [6, 6.07) is 7.44. The molecular formula is C19H28N2O3. The molecule has 0 spiro atoms. The molecule has 0 aromatic heterocycles. The molecule has 1 aromatic carbocycles. The molecule has 1 aliphatic rings. The predicted octanol–water partition coefficient (Wildman–Crippen LogP) is 3.02. The number of rotatable bonds is 7. The van der Waals surface area contributed by atoms with Gasteiger partial charge in [0.25, 0.3) is 0 Å². The lowest BCUT2D eigenvalue weighted by molar-refractivity contribution is 0.226. The molecule has 1 aromatic rings. The number of hydrogen-bond donors (Lipinski definition) is 3. The highest BCUT2D eigenvalue weighted by atomic mass is 16.5. The normalized spacial score (nSPS) is 20.9. The predicted molar refractivity (Wildman–Crippen MR) is 95.0 cm³/mol. The van der Waals surface area contributed by atoms with Crippen molar-refractivity contribution in [2.75, 3.05) is 13.7 Å². The van der Waals surface area contributed by atoms with E-state index in [1.54, 1.807) is 7.11 Å². The average Bonchev–Trinajstić information content (AvgIpc) is 3.01. The first-order valence-electron chi connectivity index (χ1n) is 8.52. The molecule has 0 saturated carbocycles. The topological polar surface area (TPSA) is 70.6 Å². The molecule has 0 heterocycles. The van der Waals surface area contributed by atoms with Crippen LogP contribution in [0.3, 0.4) is 0 Å². The van der Waals surface area contributed by atoms with E-state index in [9.17, 15) is 9.90 Å². The Bertz CT molecular complexity index is 571. The molecule has 3 atom stereocenters. The van der Waals surface area contributed by atoms with Crippen molar-refractivity contribution in [2.24, 2.45) is 11.8 Å². The van der Waals surface area contributed by atoms with Gasteiger partial charge in [0.2, 0.25) is 0 Å². The summed E-state index contributed by atoms with van der Waals surface area (Å²) in [7, 11) is 1.64. The van der Waals surface area contributed by atoms with Crippen LogP contribution >= 0.6 is 0 Å². The summed E-state index contributed by atoms with van der Waals surface area (Å²) in [6.45, 7) is 4.38. The maximum atomic E-state index is 12.4. The van der Waals surface area contributed by atoms with Crippen LogP contribution in [-0.2, 0) is 0 Å². The minimum absolute atomic E-state index is 0.0282. The summed E-state index contributed by atoms with van der Waals surface area (Å²) in [5.41, 5.74) is 0.985. The number of hydrogen-bond acceptors (Lipinski definition) is 3. The van der Waals surface area contributed by atoms with Gasteiger partial charge in [-0.25, -0.2) is 4.79 Å². The van der Waals surface area contributed by atoms with E-state index in [0.717, 1.165) is 24.2 Å². The molecule has 0 saturated heterocycles. The number of aliphatic hydroxyl groups is 1. The first-order valence-corrected chi connectivity index (χ1v) is 8.52. The fourth-order valence-electron chi connectivity index (χ4n) is 3.07. The lowest BCUT2D eigenvalue weighted by atomic mass is 9.96. The minimum atomic E-state index is -0.195. The Morgan fingerprint density at radius 3 is 2.71 bits per heavy atom. The van der Waals surface area contributed by atoms with Gasteiger partial charge >= 0.3 is 6.03 Å². The van der Waals surface area contributed by atoms with Gasteiger partial charge in [0.15, 0.2) is 0 Å². The molecule has 5 nitrogen and oxygen atoms in total. The molecule has 2 rings (SSSR count). The van der Waals surface area contributed by atoms with Crippen molar-refractivity contribution in [3.05, 3.63) is 42.0 Å². The van der Waals surface area contributed by atoms with Gasteiger partial charge in [0, 0.05) is 24.1 Å². The van der Waals surface area contributed by atoms with Crippen molar-refractivity contribution in [1.29, 1.82) is 0 Å². The number of benzene rings is 1. The number of amides is 2. The molecule has 0 aliphatic heterocycles. The molecule has 24 heavy (non-hydrogen) atoms. The molecular weight excluding hydrogens is 304 g/mol. The Morgan fingerprint density at radius 1 is 1.33 bits per heavy atom. The fraction of sp³-hybridized carbons (Fsp3) is 0.526. The second kappa shape index (κ2) is 8.73. The second-order valence-corrected chi connectivity index (χ2v) is 6.71. The van der Waals surface area contributed by atoms with Gasteiger partial charge in [-0.1, -0.05) is 44.2 Å². The van der Waals surface area contributed by atoms with Gasteiger partial charge in [-0.05, 0) is 24.8 Å². The van der Waals surface area contributed by atoms with Crippen molar-refractivity contribution in [2.45, 2.75) is 38.8 Å². The third kappa shape index (κ3) is 4.99. The van der Waals surface area contributed by atoms with Crippen LogP contribution in [0.4, 0.5) is 4.79 Å². The number of methoxy groups -OCH3 is 1. The van der Waals surface area contributed by atoms with Gasteiger partial charge in [-0.2, -0.15) is 0 Å². The molecule has 1 aliphatic carbocycles. The van der Waals surface area contributed by atoms with Crippen LogP contribution in [-0.4, -0.2) is 30.9 Å². The number of aliphatic hydroxyl groups excluding tert-OH is 1. The van der Waals surface area contributed by atoms with Gasteiger partial charge < -0.3 is 20.5 Å². The van der Waals surface area contributed by atoms with E-state index in [4.69, 9.17) is 4.74 Å². The van der Waals surface area contributed by atoms with E-state index < -0.39 is 0 Å². The van der Waals surface area contributed by atoms with Gasteiger partial charge in [-0.15, -0.1) is 0 Å². The Hall–Kier alpha value is -2.01. The van der Waals surface area contributed by atoms with Gasteiger partial charge in [-0.3, -0.25) is 0 Å². The Balaban J connectivity index is 2.03. The van der Waals surface area contributed by atoms with Gasteiger partial charge in [0.1, 0.15) is 5.75 Å². The van der Waals surface area contributed by atoms with E-state index >= 15 is 0 Å². The highest BCUT2D eigenvalue weighted by Crippen LogP contribution is 2.29. The van der Waals surface area contributed by atoms with Crippen molar-refractivity contribution >= 4 is 6.03 Å². The van der Waals surface area contributed by atoms with Crippen LogP contribution in [0.5, 0.6) is 5.75 Å². The van der Waals surface area contributed by atoms with Crippen LogP contribution in [0.1, 0.15) is 38.3 Å². The molecule has 1 unspecified atom stereocenters. The van der Waals surface area contributed by atoms with Gasteiger partial charge in [0.05, 0.1) is 13.2 Å². The third-order valence-corrected chi connectivity index (χ3v) is 4.25. The Kier molecular flexibility index (Phi) is 6.67. The van der Waals surface area contributed by atoms with Crippen LogP contribution in [0.2, 0.25) is 0 Å². The first kappa shape index (κ1) is 18.3. The molecule has 5 heteroatoms. The highest BCUT2D eigenvalue weighted by molar-refractivity contribution is 5.75. The van der Waals surface area contributed by atoms with Crippen LogP contribution in [0.25, 0.3) is 0 Å². The van der Waals surface area contributed by atoms with E-state index in [0.29, 0.717) is 5.92 Å². The van der Waals surface area contributed by atoms with Crippen molar-refractivity contribution in [3.8, 4) is 5.75 Å². The zero-order valence-electron chi connectivity index (χ0n) is 14.7. The smallest absolute Gasteiger partial charge is 0.315 e. The Labute approximate surface area is 144 Å². The molecule has 3 N–H and O–H groups in total. The maximum Gasteiger partial charge on any atom is 0.315 e. The van der Waals surface area contributed by atoms with E-state index in [2.05, 4.69) is 24.5 Å². The lowest BCUT2D eigenvalue weighted by Gasteiger charge is -2.24. The average molecular weight is 332 g/mol. The maximum absolute atomic E-state index is 12.4. The van der Waals surface area contributed by atoms with Crippen LogP contribution in [0, 0.1) is 11.8 Å². The zero-order chi connectivity index (χ0) is 17.5. The summed E-state index contributed by atoms with van der Waals surface area (Å²) in [6.07, 6.45) is 5.47. The summed E-state index contributed by atoms with van der Waals surface area (Å²) < 4.78 is 5.44. The molecule has 0 bridgehead atoms. The van der Waals surface area contributed by atoms with Crippen LogP contribution in [0.15, 0.2) is 36.4 Å². The molecule has 0 radical (unpaired) electrons. The Morgan fingerprint density at radius 2 is 2.08 bits per heavy atom. The fourth-order valence-corrected chi connectivity index (χ4v) is 3.07. The molecule has 132 valence electrons. The quantitative estimate of drug-likeness (QED) is 0.672. The van der Waals surface area contributed by atoms with Crippen molar-refractivity contribution in [3.63, 3.8) is 0 Å². The standard InChI is InChI=1S/C19H28N2O3/c1-13(2)10-17(16-6-4-5-7-18(16)24-3)21-19(23)20-15-9-8-14(11-15)12-22/h4-9,13-15,17,22H,10-12H2,1-3H3,(H2,20,21,23)/t14-,15+,17?/m0/s1. The lowest BCUT2D eigenvalue weighted by Crippen LogP contribution is -2.42. The summed E-state index contributed by atoms with van der Waals surface area (Å²) >= 11 is 0. The van der Waals surface area contributed by atoms with E-state index in [1.807, 2.05) is 36.4 Å². The summed E-state index contributed by atoms with van der Waals surface area (Å²) in [4.78, 5) is 12.4. The number of urea groups is 1.